The van der Waals surface area contributed by atoms with Crippen LogP contribution in [0.25, 0.3) is 5.82 Å². The Morgan fingerprint density at radius 2 is 2.00 bits per heavy atom. The molecule has 9 heteroatoms. The molecule has 0 bridgehead atoms. The fourth-order valence-electron chi connectivity index (χ4n) is 1.97. The molecule has 0 aliphatic rings. The predicted octanol–water partition coefficient (Wildman–Crippen LogP) is 3.95. The molecule has 0 aromatic carbocycles. The number of pyridine rings is 2. The number of alkyl halides is 3. The van der Waals surface area contributed by atoms with E-state index in [1.165, 1.54) is 0 Å². The third kappa shape index (κ3) is 3.65. The van der Waals surface area contributed by atoms with Crippen molar-refractivity contribution in [2.45, 2.75) is 12.7 Å². The molecule has 0 fully saturated rings. The summed E-state index contributed by atoms with van der Waals surface area (Å²) < 4.78 is 39.3. The lowest BCUT2D eigenvalue weighted by Gasteiger charge is -2.11. The molecular weight excluding hydrogens is 343 g/mol. The summed E-state index contributed by atoms with van der Waals surface area (Å²) in [6, 6.07) is 6.24. The van der Waals surface area contributed by atoms with E-state index in [0.717, 1.165) is 17.8 Å². The first-order valence-corrected chi connectivity index (χ1v) is 7.23. The Labute approximate surface area is 140 Å². The van der Waals surface area contributed by atoms with Gasteiger partial charge < -0.3 is 5.32 Å². The van der Waals surface area contributed by atoms with E-state index in [2.05, 4.69) is 20.4 Å². The molecule has 24 heavy (non-hydrogen) atoms. The molecule has 0 saturated carbocycles. The van der Waals surface area contributed by atoms with Crippen molar-refractivity contribution < 1.29 is 13.2 Å². The van der Waals surface area contributed by atoms with Crippen molar-refractivity contribution in [2.75, 3.05) is 5.32 Å². The Morgan fingerprint density at radius 3 is 2.58 bits per heavy atom. The third-order valence-corrected chi connectivity index (χ3v) is 3.46. The number of rotatable bonds is 4. The van der Waals surface area contributed by atoms with Crippen LogP contribution in [0.2, 0.25) is 5.02 Å². The number of halogens is 4. The summed E-state index contributed by atoms with van der Waals surface area (Å²) in [6.45, 7) is 0.324. The van der Waals surface area contributed by atoms with Gasteiger partial charge in [-0.05, 0) is 23.8 Å². The molecular formula is C15H11ClF3N5. The maximum absolute atomic E-state index is 12.6. The number of nitrogens with one attached hydrogen (secondary N) is 1. The molecule has 3 aromatic rings. The first kappa shape index (κ1) is 16.3. The monoisotopic (exact) mass is 353 g/mol. The van der Waals surface area contributed by atoms with Crippen LogP contribution < -0.4 is 5.32 Å². The van der Waals surface area contributed by atoms with Crippen molar-refractivity contribution in [1.82, 2.24) is 19.7 Å². The topological polar surface area (TPSA) is 55.6 Å². The van der Waals surface area contributed by atoms with Crippen molar-refractivity contribution in [3.63, 3.8) is 0 Å². The Bertz CT molecular complexity index is 816. The van der Waals surface area contributed by atoms with Crippen LogP contribution in [-0.2, 0) is 12.7 Å². The second kappa shape index (κ2) is 6.48. The molecule has 0 aliphatic heterocycles. The van der Waals surface area contributed by atoms with E-state index >= 15 is 0 Å². The molecule has 0 amide bonds. The van der Waals surface area contributed by atoms with E-state index in [1.54, 1.807) is 35.4 Å². The fourth-order valence-corrected chi connectivity index (χ4v) is 2.20. The molecule has 0 aliphatic carbocycles. The zero-order chi connectivity index (χ0) is 17.2. The van der Waals surface area contributed by atoms with Gasteiger partial charge in [0, 0.05) is 31.3 Å². The van der Waals surface area contributed by atoms with Crippen molar-refractivity contribution in [2.24, 2.45) is 0 Å². The zero-order valence-electron chi connectivity index (χ0n) is 12.1. The lowest BCUT2D eigenvalue weighted by atomic mass is 10.2. The number of hydrogen-bond donors (Lipinski definition) is 1. The summed E-state index contributed by atoms with van der Waals surface area (Å²) >= 11 is 5.84. The Balaban J connectivity index is 1.67. The smallest absolute Gasteiger partial charge is 0.365 e. The average Bonchev–Trinajstić information content (AvgIpc) is 3.08. The summed E-state index contributed by atoms with van der Waals surface area (Å²) in [4.78, 5) is 7.98. The lowest BCUT2D eigenvalue weighted by molar-refractivity contribution is -0.137. The van der Waals surface area contributed by atoms with Gasteiger partial charge in [-0.2, -0.15) is 18.3 Å². The highest BCUT2D eigenvalue weighted by molar-refractivity contribution is 6.32. The van der Waals surface area contributed by atoms with Crippen LogP contribution >= 0.6 is 11.6 Å². The van der Waals surface area contributed by atoms with Gasteiger partial charge in [0.25, 0.3) is 0 Å². The van der Waals surface area contributed by atoms with Crippen LogP contribution in [-0.4, -0.2) is 19.7 Å². The second-order valence-electron chi connectivity index (χ2n) is 4.88. The van der Waals surface area contributed by atoms with Gasteiger partial charge in [-0.15, -0.1) is 0 Å². The largest absolute Gasteiger partial charge is 0.417 e. The molecule has 124 valence electrons. The maximum atomic E-state index is 12.6. The molecule has 0 saturated heterocycles. The Hall–Kier alpha value is -2.61. The third-order valence-electron chi connectivity index (χ3n) is 3.18. The van der Waals surface area contributed by atoms with E-state index < -0.39 is 11.7 Å². The van der Waals surface area contributed by atoms with E-state index in [0.29, 0.717) is 12.4 Å². The highest BCUT2D eigenvalue weighted by atomic mass is 35.5. The molecule has 3 aromatic heterocycles. The van der Waals surface area contributed by atoms with Gasteiger partial charge in [-0.1, -0.05) is 17.7 Å². The molecule has 5 nitrogen and oxygen atoms in total. The van der Waals surface area contributed by atoms with Crippen LogP contribution in [0.5, 0.6) is 0 Å². The predicted molar refractivity (Wildman–Crippen MR) is 82.9 cm³/mol. The van der Waals surface area contributed by atoms with E-state index in [-0.39, 0.29) is 10.8 Å². The average molecular weight is 354 g/mol. The van der Waals surface area contributed by atoms with Crippen molar-refractivity contribution in [3.8, 4) is 5.82 Å². The normalized spacial score (nSPS) is 11.5. The van der Waals surface area contributed by atoms with Crippen LogP contribution in [0.1, 0.15) is 11.1 Å². The summed E-state index contributed by atoms with van der Waals surface area (Å²) in [5, 5.41) is 6.87. The van der Waals surface area contributed by atoms with Gasteiger partial charge >= 0.3 is 6.18 Å². The zero-order valence-corrected chi connectivity index (χ0v) is 12.9. The number of anilines is 1. The van der Waals surface area contributed by atoms with Gasteiger partial charge in [-0.25, -0.2) is 14.6 Å². The SMILES string of the molecule is FC(F)(F)c1cnc(NCc2ccc(-n3cccn3)nc2)c(Cl)c1. The van der Waals surface area contributed by atoms with Gasteiger partial charge in [-0.3, -0.25) is 0 Å². The van der Waals surface area contributed by atoms with Crippen molar-refractivity contribution >= 4 is 17.4 Å². The van der Waals surface area contributed by atoms with Crippen LogP contribution in [0, 0.1) is 0 Å². The molecule has 0 spiro atoms. The number of hydrogen-bond acceptors (Lipinski definition) is 4. The van der Waals surface area contributed by atoms with Gasteiger partial charge in [0.1, 0.15) is 5.82 Å². The maximum Gasteiger partial charge on any atom is 0.417 e. The molecule has 0 unspecified atom stereocenters. The molecule has 1 N–H and O–H groups in total. The highest BCUT2D eigenvalue weighted by Crippen LogP contribution is 2.32. The lowest BCUT2D eigenvalue weighted by Crippen LogP contribution is -2.08. The van der Waals surface area contributed by atoms with E-state index in [1.807, 2.05) is 6.07 Å². The van der Waals surface area contributed by atoms with Crippen LogP contribution in [0.3, 0.4) is 0 Å². The first-order valence-electron chi connectivity index (χ1n) is 6.85. The number of aromatic nitrogens is 4. The quantitative estimate of drug-likeness (QED) is 0.771. The summed E-state index contributed by atoms with van der Waals surface area (Å²) in [6.07, 6.45) is 1.33. The highest BCUT2D eigenvalue weighted by Gasteiger charge is 2.31. The molecule has 0 atom stereocenters. The first-order chi connectivity index (χ1) is 11.4. The van der Waals surface area contributed by atoms with Crippen molar-refractivity contribution in [1.29, 1.82) is 0 Å². The molecule has 3 rings (SSSR count). The molecule has 3 heterocycles. The molecule has 0 radical (unpaired) electrons. The summed E-state index contributed by atoms with van der Waals surface area (Å²) in [7, 11) is 0. The Kier molecular flexibility index (Phi) is 4.39. The number of nitrogens with zero attached hydrogens (tertiary/aromatic N) is 4. The standard InChI is InChI=1S/C15H11ClF3N5/c16-12-6-11(15(17,18)19)9-22-14(12)21-8-10-2-3-13(20-7-10)24-5-1-4-23-24/h1-7,9H,8H2,(H,21,22). The van der Waals surface area contributed by atoms with Crippen LogP contribution in [0.15, 0.2) is 49.1 Å². The minimum Gasteiger partial charge on any atom is -0.365 e. The Morgan fingerprint density at radius 1 is 1.17 bits per heavy atom. The minimum absolute atomic E-state index is 0.0917. The summed E-state index contributed by atoms with van der Waals surface area (Å²) in [5.41, 5.74) is -0.0630. The van der Waals surface area contributed by atoms with E-state index in [9.17, 15) is 13.2 Å². The van der Waals surface area contributed by atoms with Crippen LogP contribution in [0.4, 0.5) is 19.0 Å². The van der Waals surface area contributed by atoms with Gasteiger partial charge in [0.2, 0.25) is 0 Å². The minimum atomic E-state index is -4.47. The fraction of sp³-hybridized carbons (Fsp3) is 0.133. The van der Waals surface area contributed by atoms with Crippen molar-refractivity contribution in [3.05, 3.63) is 65.2 Å². The van der Waals surface area contributed by atoms with E-state index in [4.69, 9.17) is 11.6 Å². The van der Waals surface area contributed by atoms with Gasteiger partial charge in [0.05, 0.1) is 10.6 Å². The van der Waals surface area contributed by atoms with Gasteiger partial charge in [0.15, 0.2) is 5.82 Å². The second-order valence-corrected chi connectivity index (χ2v) is 5.29. The summed E-state index contributed by atoms with van der Waals surface area (Å²) in [5.74, 6) is 0.843.